The highest BCUT2D eigenvalue weighted by atomic mass is 19.4. The Labute approximate surface area is 109 Å². The van der Waals surface area contributed by atoms with E-state index >= 15 is 0 Å². The number of hydrogen-bond acceptors (Lipinski definition) is 2. The number of carbonyl (C=O) groups is 1. The maximum Gasteiger partial charge on any atom is 0.435 e. The lowest BCUT2D eigenvalue weighted by molar-refractivity contribution is -0.141. The van der Waals surface area contributed by atoms with Gasteiger partial charge in [-0.3, -0.25) is 9.48 Å². The van der Waals surface area contributed by atoms with Crippen LogP contribution in [0, 0.1) is 5.41 Å². The van der Waals surface area contributed by atoms with Gasteiger partial charge in [0.1, 0.15) is 0 Å². The van der Waals surface area contributed by atoms with Gasteiger partial charge in [0.25, 0.3) is 0 Å². The van der Waals surface area contributed by atoms with E-state index in [4.69, 9.17) is 0 Å². The van der Waals surface area contributed by atoms with Gasteiger partial charge < -0.3 is 0 Å². The van der Waals surface area contributed by atoms with Crippen molar-refractivity contribution in [2.75, 3.05) is 0 Å². The summed E-state index contributed by atoms with van der Waals surface area (Å²) in [5, 5.41) is 3.65. The molecular weight excluding hydrogens is 257 g/mol. The van der Waals surface area contributed by atoms with Crippen molar-refractivity contribution in [3.05, 3.63) is 17.0 Å². The first kappa shape index (κ1) is 14.1. The van der Waals surface area contributed by atoms with Gasteiger partial charge in [-0.2, -0.15) is 18.3 Å². The Kier molecular flexibility index (Phi) is 3.03. The van der Waals surface area contributed by atoms with Crippen molar-refractivity contribution in [1.29, 1.82) is 0 Å². The molecule has 0 amide bonds. The van der Waals surface area contributed by atoms with Crippen LogP contribution in [0.25, 0.3) is 0 Å². The third-order valence-corrected chi connectivity index (χ3v) is 3.33. The monoisotopic (exact) mass is 274 g/mol. The van der Waals surface area contributed by atoms with E-state index in [1.54, 1.807) is 13.8 Å². The number of fused-ring (bicyclic) bond motifs is 1. The number of carbonyl (C=O) groups excluding carboxylic acids is 1. The molecule has 0 saturated heterocycles. The molecule has 6 heteroatoms. The quantitative estimate of drug-likeness (QED) is 0.783. The molecule has 0 aliphatic heterocycles. The first-order chi connectivity index (χ1) is 8.53. The maximum atomic E-state index is 13.0. The maximum absolute atomic E-state index is 13.0. The van der Waals surface area contributed by atoms with E-state index in [0.29, 0.717) is 12.1 Å². The number of Topliss-reactive ketones (excluding diaryl/α,β-unsaturated/α-hetero) is 1. The van der Waals surface area contributed by atoms with Crippen LogP contribution in [0.4, 0.5) is 13.2 Å². The molecule has 0 fully saturated rings. The molecule has 0 N–H and O–H groups in total. The van der Waals surface area contributed by atoms with Gasteiger partial charge in [-0.05, 0) is 25.7 Å². The summed E-state index contributed by atoms with van der Waals surface area (Å²) in [6.07, 6.45) is -4.01. The van der Waals surface area contributed by atoms with Crippen LogP contribution >= 0.6 is 0 Å². The summed E-state index contributed by atoms with van der Waals surface area (Å²) >= 11 is 0. The Morgan fingerprint density at radius 3 is 2.32 bits per heavy atom. The fourth-order valence-corrected chi connectivity index (χ4v) is 2.60. The predicted molar refractivity (Wildman–Crippen MR) is 64.0 cm³/mol. The van der Waals surface area contributed by atoms with Gasteiger partial charge in [-0.1, -0.05) is 13.8 Å². The van der Waals surface area contributed by atoms with Gasteiger partial charge in [0.05, 0.1) is 11.3 Å². The summed E-state index contributed by atoms with van der Waals surface area (Å²) < 4.78 is 40.3. The van der Waals surface area contributed by atoms with Crippen molar-refractivity contribution in [2.45, 2.75) is 52.8 Å². The van der Waals surface area contributed by atoms with E-state index in [2.05, 4.69) is 5.10 Å². The minimum atomic E-state index is -4.58. The lowest BCUT2D eigenvalue weighted by Gasteiger charge is -2.29. The highest BCUT2D eigenvalue weighted by Gasteiger charge is 2.45. The van der Waals surface area contributed by atoms with Crippen LogP contribution in [0.15, 0.2) is 0 Å². The zero-order valence-electron chi connectivity index (χ0n) is 11.4. The fraction of sp³-hybridized carbons (Fsp3) is 0.692. The summed E-state index contributed by atoms with van der Waals surface area (Å²) in [4.78, 5) is 12.1. The van der Waals surface area contributed by atoms with Crippen molar-refractivity contribution in [1.82, 2.24) is 9.78 Å². The Morgan fingerprint density at radius 2 is 1.84 bits per heavy atom. The highest BCUT2D eigenvalue weighted by Crippen LogP contribution is 2.41. The summed E-state index contributed by atoms with van der Waals surface area (Å²) in [5.41, 5.74) is -1.15. The molecule has 0 spiro atoms. The molecule has 106 valence electrons. The van der Waals surface area contributed by atoms with Crippen LogP contribution in [0.1, 0.15) is 61.9 Å². The second-order valence-electron chi connectivity index (χ2n) is 6.15. The largest absolute Gasteiger partial charge is 0.435 e. The number of aromatic nitrogens is 2. The van der Waals surface area contributed by atoms with Crippen molar-refractivity contribution < 1.29 is 18.0 Å². The fourth-order valence-electron chi connectivity index (χ4n) is 2.60. The first-order valence-electron chi connectivity index (χ1n) is 6.25. The van der Waals surface area contributed by atoms with Crippen LogP contribution in [0.5, 0.6) is 0 Å². The van der Waals surface area contributed by atoms with E-state index in [-0.39, 0.29) is 23.4 Å². The van der Waals surface area contributed by atoms with Crippen LogP contribution in [0.3, 0.4) is 0 Å². The number of halogens is 3. The third kappa shape index (κ3) is 2.40. The van der Waals surface area contributed by atoms with Gasteiger partial charge in [0, 0.05) is 12.5 Å². The van der Waals surface area contributed by atoms with Crippen LogP contribution < -0.4 is 0 Å². The Balaban J connectivity index is 2.68. The molecule has 1 aliphatic carbocycles. The predicted octanol–water partition coefficient (Wildman–Crippen LogP) is 3.64. The molecule has 0 bridgehead atoms. The molecule has 19 heavy (non-hydrogen) atoms. The van der Waals surface area contributed by atoms with Crippen molar-refractivity contribution in [3.8, 4) is 0 Å². The zero-order chi connectivity index (χ0) is 14.6. The Morgan fingerprint density at radius 1 is 1.26 bits per heavy atom. The zero-order valence-corrected chi connectivity index (χ0v) is 11.4. The number of hydrogen-bond donors (Lipinski definition) is 0. The lowest BCUT2D eigenvalue weighted by atomic mass is 9.75. The van der Waals surface area contributed by atoms with Crippen LogP contribution in [0.2, 0.25) is 0 Å². The molecule has 0 radical (unpaired) electrons. The SMILES string of the molecule is CC(C)n1nc(C(F)(F)F)c2c1CC(C)(C)CC2=O. The summed E-state index contributed by atoms with van der Waals surface area (Å²) in [5.74, 6) is -0.453. The molecule has 1 aromatic heterocycles. The molecule has 0 aromatic carbocycles. The van der Waals surface area contributed by atoms with Gasteiger partial charge >= 0.3 is 6.18 Å². The topological polar surface area (TPSA) is 34.9 Å². The molecule has 0 atom stereocenters. The number of nitrogens with zero attached hydrogens (tertiary/aromatic N) is 2. The molecule has 0 unspecified atom stereocenters. The molecule has 0 saturated carbocycles. The van der Waals surface area contributed by atoms with E-state index in [9.17, 15) is 18.0 Å². The first-order valence-corrected chi connectivity index (χ1v) is 6.25. The Bertz CT molecular complexity index is 527. The minimum absolute atomic E-state index is 0.132. The van der Waals surface area contributed by atoms with Gasteiger partial charge in [0.2, 0.25) is 0 Å². The Hall–Kier alpha value is -1.33. The average molecular weight is 274 g/mol. The lowest BCUT2D eigenvalue weighted by Crippen LogP contribution is -2.29. The summed E-state index contributed by atoms with van der Waals surface area (Å²) in [6.45, 7) is 7.30. The van der Waals surface area contributed by atoms with Crippen molar-refractivity contribution >= 4 is 5.78 Å². The van der Waals surface area contributed by atoms with E-state index in [1.807, 2.05) is 13.8 Å². The minimum Gasteiger partial charge on any atom is -0.294 e. The molecule has 1 heterocycles. The number of rotatable bonds is 1. The standard InChI is InChI=1S/C13H17F3N2O/c1-7(2)18-8-5-12(3,4)6-9(19)10(8)11(17-18)13(14,15)16/h7H,5-6H2,1-4H3. The average Bonchev–Trinajstić information content (AvgIpc) is 2.54. The van der Waals surface area contributed by atoms with Crippen LogP contribution in [-0.2, 0) is 12.6 Å². The normalized spacial score (nSPS) is 18.8. The summed E-state index contributed by atoms with van der Waals surface area (Å²) in [6, 6.07) is -0.202. The molecule has 1 aromatic rings. The number of alkyl halides is 3. The third-order valence-electron chi connectivity index (χ3n) is 3.33. The smallest absolute Gasteiger partial charge is 0.294 e. The highest BCUT2D eigenvalue weighted by molar-refractivity contribution is 6.00. The van der Waals surface area contributed by atoms with Crippen molar-refractivity contribution in [2.24, 2.45) is 5.41 Å². The van der Waals surface area contributed by atoms with Gasteiger partial charge in [-0.15, -0.1) is 0 Å². The molecular formula is C13H17F3N2O. The second-order valence-corrected chi connectivity index (χ2v) is 6.15. The number of ketones is 1. The van der Waals surface area contributed by atoms with Gasteiger partial charge in [0.15, 0.2) is 11.5 Å². The van der Waals surface area contributed by atoms with Gasteiger partial charge in [-0.25, -0.2) is 0 Å². The summed E-state index contributed by atoms with van der Waals surface area (Å²) in [7, 11) is 0. The molecule has 2 rings (SSSR count). The van der Waals surface area contributed by atoms with E-state index in [1.165, 1.54) is 4.68 Å². The second kappa shape index (κ2) is 4.08. The van der Waals surface area contributed by atoms with E-state index < -0.39 is 17.7 Å². The van der Waals surface area contributed by atoms with E-state index in [0.717, 1.165) is 0 Å². The van der Waals surface area contributed by atoms with Crippen molar-refractivity contribution in [3.63, 3.8) is 0 Å². The van der Waals surface area contributed by atoms with Crippen LogP contribution in [-0.4, -0.2) is 15.6 Å². The molecule has 1 aliphatic rings. The molecule has 3 nitrogen and oxygen atoms in total.